The van der Waals surface area contributed by atoms with E-state index in [0.29, 0.717) is 10.6 Å². The lowest BCUT2D eigenvalue weighted by atomic mass is 10.0. The van der Waals surface area contributed by atoms with Crippen molar-refractivity contribution in [2.75, 3.05) is 0 Å². The minimum atomic E-state index is -0.499. The van der Waals surface area contributed by atoms with Crippen LogP contribution < -0.4 is 11.3 Å². The zero-order valence-corrected chi connectivity index (χ0v) is 11.2. The van der Waals surface area contributed by atoms with E-state index in [-0.39, 0.29) is 11.5 Å². The molecular formula is C14H11N3O2S. The number of nitrogens with zero attached hydrogens (tertiary/aromatic N) is 1. The Bertz CT molecular complexity index is 734. The molecule has 1 aliphatic rings. The summed E-state index contributed by atoms with van der Waals surface area (Å²) in [7, 11) is 0. The van der Waals surface area contributed by atoms with Crippen molar-refractivity contribution < 1.29 is 9.59 Å². The molecule has 0 atom stereocenters. The molecule has 0 saturated heterocycles. The lowest BCUT2D eigenvalue weighted by Gasteiger charge is -2.02. The zero-order chi connectivity index (χ0) is 14.1. The molecule has 0 fully saturated rings. The van der Waals surface area contributed by atoms with E-state index in [2.05, 4.69) is 4.98 Å². The summed E-state index contributed by atoms with van der Waals surface area (Å²) < 4.78 is 0. The van der Waals surface area contributed by atoms with E-state index in [1.807, 2.05) is 35.8 Å². The number of carbonyl (C=O) groups excluding carboxylic acids is 2. The van der Waals surface area contributed by atoms with Crippen LogP contribution in [-0.4, -0.2) is 16.7 Å². The van der Waals surface area contributed by atoms with E-state index in [4.69, 9.17) is 5.84 Å². The zero-order valence-electron chi connectivity index (χ0n) is 10.4. The molecule has 3 N–H and O–H groups in total. The summed E-state index contributed by atoms with van der Waals surface area (Å²) in [6.07, 6.45) is 2.65. The number of thiazole rings is 1. The van der Waals surface area contributed by atoms with Crippen LogP contribution in [0.2, 0.25) is 0 Å². The summed E-state index contributed by atoms with van der Waals surface area (Å²) in [5.74, 6) is 4.39. The average Bonchev–Trinajstić information content (AvgIpc) is 3.12. The van der Waals surface area contributed by atoms with Gasteiger partial charge in [-0.25, -0.2) is 10.8 Å². The fraction of sp³-hybridized carbons (Fsp3) is 0.0714. The number of nitrogens with two attached hydrogens (primary N) is 1. The molecule has 0 bridgehead atoms. The number of aromatic nitrogens is 1. The SMILES string of the molecule is NNC(=O)c1csc(C(=O)C2=CCc3ccccc32)n1. The van der Waals surface area contributed by atoms with Gasteiger partial charge < -0.3 is 0 Å². The van der Waals surface area contributed by atoms with Gasteiger partial charge in [-0.15, -0.1) is 11.3 Å². The molecular weight excluding hydrogens is 274 g/mol. The Morgan fingerprint density at radius 1 is 1.30 bits per heavy atom. The van der Waals surface area contributed by atoms with Gasteiger partial charge in [0, 0.05) is 11.0 Å². The molecule has 1 amide bonds. The molecule has 1 aromatic carbocycles. The van der Waals surface area contributed by atoms with Gasteiger partial charge in [-0.05, 0) is 17.5 Å². The Morgan fingerprint density at radius 3 is 2.90 bits per heavy atom. The second kappa shape index (κ2) is 4.99. The van der Waals surface area contributed by atoms with Crippen molar-refractivity contribution in [2.24, 2.45) is 5.84 Å². The number of nitrogen functional groups attached to an aromatic ring is 1. The molecule has 0 radical (unpaired) electrons. The van der Waals surface area contributed by atoms with Gasteiger partial charge in [0.25, 0.3) is 5.91 Å². The topological polar surface area (TPSA) is 85.1 Å². The van der Waals surface area contributed by atoms with Crippen LogP contribution in [0.4, 0.5) is 0 Å². The number of benzene rings is 1. The highest BCUT2D eigenvalue weighted by atomic mass is 32.1. The second-order valence-electron chi connectivity index (χ2n) is 4.32. The third-order valence-electron chi connectivity index (χ3n) is 3.14. The molecule has 100 valence electrons. The maximum absolute atomic E-state index is 12.5. The Kier molecular flexibility index (Phi) is 3.17. The Balaban J connectivity index is 1.91. The van der Waals surface area contributed by atoms with Crippen LogP contribution in [0.15, 0.2) is 35.7 Å². The number of hydrazine groups is 1. The quantitative estimate of drug-likeness (QED) is 0.388. The number of fused-ring (bicyclic) bond motifs is 1. The monoisotopic (exact) mass is 285 g/mol. The highest BCUT2D eigenvalue weighted by molar-refractivity contribution is 7.12. The van der Waals surface area contributed by atoms with Crippen LogP contribution in [-0.2, 0) is 6.42 Å². The smallest absolute Gasteiger partial charge is 0.284 e. The Labute approximate surface area is 119 Å². The summed E-state index contributed by atoms with van der Waals surface area (Å²) in [6.45, 7) is 0. The summed E-state index contributed by atoms with van der Waals surface area (Å²) in [5.41, 5.74) is 4.88. The van der Waals surface area contributed by atoms with Gasteiger partial charge in [0.05, 0.1) is 0 Å². The van der Waals surface area contributed by atoms with Crippen LogP contribution in [0.25, 0.3) is 5.57 Å². The number of carbonyl (C=O) groups is 2. The second-order valence-corrected chi connectivity index (χ2v) is 5.18. The van der Waals surface area contributed by atoms with E-state index in [1.165, 1.54) is 5.38 Å². The first kappa shape index (κ1) is 12.7. The van der Waals surface area contributed by atoms with E-state index in [0.717, 1.165) is 28.9 Å². The van der Waals surface area contributed by atoms with Gasteiger partial charge in [-0.2, -0.15) is 0 Å². The van der Waals surface area contributed by atoms with Crippen LogP contribution in [0.3, 0.4) is 0 Å². The third kappa shape index (κ3) is 2.04. The van der Waals surface area contributed by atoms with Crippen molar-refractivity contribution in [1.82, 2.24) is 10.4 Å². The molecule has 3 rings (SSSR count). The first-order valence-electron chi connectivity index (χ1n) is 6.00. The van der Waals surface area contributed by atoms with E-state index in [1.54, 1.807) is 0 Å². The maximum Gasteiger partial charge on any atom is 0.284 e. The van der Waals surface area contributed by atoms with E-state index >= 15 is 0 Å². The van der Waals surface area contributed by atoms with Gasteiger partial charge in [-0.1, -0.05) is 30.3 Å². The first-order chi connectivity index (χ1) is 9.70. The summed E-state index contributed by atoms with van der Waals surface area (Å²) >= 11 is 1.14. The number of Topliss-reactive ketones (excluding diaryl/α,β-unsaturated/α-hetero) is 1. The molecule has 0 spiro atoms. The van der Waals surface area contributed by atoms with Crippen molar-refractivity contribution in [3.05, 3.63) is 57.6 Å². The van der Waals surface area contributed by atoms with Crippen LogP contribution in [0.5, 0.6) is 0 Å². The molecule has 20 heavy (non-hydrogen) atoms. The largest absolute Gasteiger partial charge is 0.289 e. The van der Waals surface area contributed by atoms with Gasteiger partial charge in [0.2, 0.25) is 5.78 Å². The molecule has 5 nitrogen and oxygen atoms in total. The lowest BCUT2D eigenvalue weighted by molar-refractivity contribution is 0.0949. The Morgan fingerprint density at radius 2 is 2.10 bits per heavy atom. The highest BCUT2D eigenvalue weighted by Gasteiger charge is 2.23. The Hall–Kier alpha value is -2.31. The van der Waals surface area contributed by atoms with Crippen molar-refractivity contribution in [1.29, 1.82) is 0 Å². The minimum absolute atomic E-state index is 0.156. The molecule has 1 aromatic heterocycles. The number of ketones is 1. The van der Waals surface area contributed by atoms with Crippen molar-refractivity contribution >= 4 is 28.6 Å². The standard InChI is InChI=1S/C14H11N3O2S/c15-17-13(19)11-7-20-14(16-11)12(18)10-6-5-8-3-1-2-4-9(8)10/h1-4,6-7H,5,15H2,(H,17,19). The van der Waals surface area contributed by atoms with Crippen molar-refractivity contribution in [3.8, 4) is 0 Å². The number of nitrogens with one attached hydrogen (secondary N) is 1. The normalized spacial score (nSPS) is 12.8. The summed E-state index contributed by atoms with van der Waals surface area (Å²) in [6, 6.07) is 7.78. The molecule has 2 aromatic rings. The van der Waals surface area contributed by atoms with E-state index in [9.17, 15) is 9.59 Å². The van der Waals surface area contributed by atoms with E-state index < -0.39 is 5.91 Å². The number of allylic oxidation sites excluding steroid dienone is 2. The van der Waals surface area contributed by atoms with Crippen LogP contribution in [0, 0.1) is 0 Å². The van der Waals surface area contributed by atoms with Gasteiger partial charge in [0.15, 0.2) is 5.01 Å². The minimum Gasteiger partial charge on any atom is -0.289 e. The lowest BCUT2D eigenvalue weighted by Crippen LogP contribution is -2.30. The molecule has 1 heterocycles. The van der Waals surface area contributed by atoms with Crippen LogP contribution in [0.1, 0.15) is 31.4 Å². The summed E-state index contributed by atoms with van der Waals surface area (Å²) in [4.78, 5) is 27.8. The van der Waals surface area contributed by atoms with Crippen molar-refractivity contribution in [3.63, 3.8) is 0 Å². The molecule has 0 saturated carbocycles. The first-order valence-corrected chi connectivity index (χ1v) is 6.88. The highest BCUT2D eigenvalue weighted by Crippen LogP contribution is 2.30. The predicted molar refractivity (Wildman–Crippen MR) is 76.2 cm³/mol. The number of rotatable bonds is 3. The molecule has 1 aliphatic carbocycles. The van der Waals surface area contributed by atoms with Crippen molar-refractivity contribution in [2.45, 2.75) is 6.42 Å². The number of hydrogen-bond donors (Lipinski definition) is 2. The summed E-state index contributed by atoms with van der Waals surface area (Å²) in [5, 5.41) is 1.82. The molecule has 0 aliphatic heterocycles. The number of hydrogen-bond acceptors (Lipinski definition) is 5. The van der Waals surface area contributed by atoms with Crippen LogP contribution >= 0.6 is 11.3 Å². The molecule has 0 unspecified atom stereocenters. The van der Waals surface area contributed by atoms with Gasteiger partial charge in [0.1, 0.15) is 5.69 Å². The maximum atomic E-state index is 12.5. The van der Waals surface area contributed by atoms with Gasteiger partial charge in [-0.3, -0.25) is 15.0 Å². The molecule has 6 heteroatoms. The fourth-order valence-corrected chi connectivity index (χ4v) is 2.92. The predicted octanol–water partition coefficient (Wildman–Crippen LogP) is 1.57. The number of amides is 1. The fourth-order valence-electron chi connectivity index (χ4n) is 2.17. The third-order valence-corrected chi connectivity index (χ3v) is 3.98. The average molecular weight is 285 g/mol. The van der Waals surface area contributed by atoms with Gasteiger partial charge >= 0.3 is 0 Å².